The zero-order valence-electron chi connectivity index (χ0n) is 14.6. The molecule has 7 nitrogen and oxygen atoms in total. The smallest absolute Gasteiger partial charge is 0.341 e. The lowest BCUT2D eigenvalue weighted by Gasteiger charge is -2.32. The van der Waals surface area contributed by atoms with Gasteiger partial charge in [-0.2, -0.15) is 0 Å². The van der Waals surface area contributed by atoms with Crippen molar-refractivity contribution in [2.75, 3.05) is 26.3 Å². The fourth-order valence-corrected chi connectivity index (χ4v) is 3.85. The summed E-state index contributed by atoms with van der Waals surface area (Å²) in [7, 11) is 0. The molecular weight excluding hydrogens is 326 g/mol. The molecule has 0 spiro atoms. The normalized spacial score (nSPS) is 38.5. The lowest BCUT2D eigenvalue weighted by atomic mass is 9.84. The minimum absolute atomic E-state index is 0.0273. The first kappa shape index (κ1) is 18.1. The van der Waals surface area contributed by atoms with Crippen molar-refractivity contribution < 1.29 is 29.3 Å². The summed E-state index contributed by atoms with van der Waals surface area (Å²) in [5, 5.41) is 20.2. The fraction of sp³-hybridized carbons (Fsp3) is 0.667. The van der Waals surface area contributed by atoms with Gasteiger partial charge in [0.25, 0.3) is 0 Å². The molecule has 0 aliphatic carbocycles. The van der Waals surface area contributed by atoms with Crippen LogP contribution in [0.2, 0.25) is 0 Å². The Hall–Kier alpha value is -1.70. The van der Waals surface area contributed by atoms with Gasteiger partial charge in [-0.05, 0) is 25.3 Å². The zero-order valence-corrected chi connectivity index (χ0v) is 14.6. The van der Waals surface area contributed by atoms with Crippen molar-refractivity contribution in [1.82, 2.24) is 4.90 Å². The number of aliphatic hydroxyl groups is 2. The molecule has 2 fully saturated rings. The molecule has 138 valence electrons. The van der Waals surface area contributed by atoms with E-state index in [1.165, 1.54) is 0 Å². The van der Waals surface area contributed by atoms with Crippen molar-refractivity contribution in [2.24, 2.45) is 5.92 Å². The van der Waals surface area contributed by atoms with Crippen LogP contribution in [0.4, 0.5) is 0 Å². The average Bonchev–Trinajstić information content (AvgIpc) is 3.18. The number of hydrogen-bond acceptors (Lipinski definition) is 7. The maximum atomic E-state index is 12.6. The van der Waals surface area contributed by atoms with Gasteiger partial charge in [0.2, 0.25) is 0 Å². The Labute approximate surface area is 146 Å². The van der Waals surface area contributed by atoms with E-state index in [1.807, 2.05) is 6.08 Å². The van der Waals surface area contributed by atoms with Crippen LogP contribution in [-0.4, -0.2) is 71.1 Å². The third kappa shape index (κ3) is 3.12. The third-order valence-electron chi connectivity index (χ3n) is 5.59. The van der Waals surface area contributed by atoms with Gasteiger partial charge in [0.1, 0.15) is 12.7 Å². The van der Waals surface area contributed by atoms with E-state index in [4.69, 9.17) is 9.47 Å². The number of aliphatic hydroxyl groups excluding tert-OH is 1. The molecule has 1 unspecified atom stereocenters. The van der Waals surface area contributed by atoms with E-state index < -0.39 is 30.1 Å². The van der Waals surface area contributed by atoms with Crippen molar-refractivity contribution >= 4 is 11.9 Å². The van der Waals surface area contributed by atoms with Crippen LogP contribution in [0.25, 0.3) is 0 Å². The highest BCUT2D eigenvalue weighted by Crippen LogP contribution is 2.34. The summed E-state index contributed by atoms with van der Waals surface area (Å²) in [5.74, 6) is -1.99. The third-order valence-corrected chi connectivity index (χ3v) is 5.59. The minimum Gasteiger partial charge on any atom is -0.459 e. The SMILES string of the molecule is C/C=C1/C[C@H](C)[C@@](O)(CO)C(=O)OCC2=CCN3CC[C@@H](OC1=O)C23. The zero-order chi connectivity index (χ0) is 18.2. The van der Waals surface area contributed by atoms with Gasteiger partial charge in [0.15, 0.2) is 5.60 Å². The van der Waals surface area contributed by atoms with Crippen LogP contribution in [0.15, 0.2) is 23.3 Å². The molecule has 3 heterocycles. The van der Waals surface area contributed by atoms with E-state index >= 15 is 0 Å². The predicted octanol–water partition coefficient (Wildman–Crippen LogP) is 0.165. The van der Waals surface area contributed by atoms with Crippen molar-refractivity contribution in [3.63, 3.8) is 0 Å². The summed E-state index contributed by atoms with van der Waals surface area (Å²) < 4.78 is 11.1. The summed E-state index contributed by atoms with van der Waals surface area (Å²) >= 11 is 0. The second-order valence-electron chi connectivity index (χ2n) is 7.03. The van der Waals surface area contributed by atoms with Crippen molar-refractivity contribution in [1.29, 1.82) is 0 Å². The minimum atomic E-state index is -2.05. The van der Waals surface area contributed by atoms with Crippen LogP contribution < -0.4 is 0 Å². The molecule has 0 amide bonds. The second-order valence-corrected chi connectivity index (χ2v) is 7.03. The Kier molecular flexibility index (Phi) is 4.99. The number of hydrogen-bond donors (Lipinski definition) is 2. The molecule has 0 aromatic carbocycles. The summed E-state index contributed by atoms with van der Waals surface area (Å²) in [6, 6.07) is -0.0890. The van der Waals surface area contributed by atoms with Gasteiger partial charge in [0.05, 0.1) is 12.6 Å². The first-order valence-electron chi connectivity index (χ1n) is 8.70. The van der Waals surface area contributed by atoms with Gasteiger partial charge in [-0.15, -0.1) is 0 Å². The number of nitrogens with zero attached hydrogens (tertiary/aromatic N) is 1. The molecule has 25 heavy (non-hydrogen) atoms. The molecule has 3 aliphatic rings. The van der Waals surface area contributed by atoms with Gasteiger partial charge in [0, 0.05) is 24.6 Å². The molecule has 7 heteroatoms. The monoisotopic (exact) mass is 351 g/mol. The number of allylic oxidation sites excluding steroid dienone is 1. The average molecular weight is 351 g/mol. The molecule has 0 aromatic rings. The Balaban J connectivity index is 1.93. The highest BCUT2D eigenvalue weighted by Gasteiger charge is 2.46. The van der Waals surface area contributed by atoms with E-state index in [2.05, 4.69) is 4.90 Å². The van der Waals surface area contributed by atoms with E-state index in [9.17, 15) is 19.8 Å². The fourth-order valence-electron chi connectivity index (χ4n) is 3.85. The Morgan fingerprint density at radius 3 is 2.88 bits per heavy atom. The van der Waals surface area contributed by atoms with Crippen molar-refractivity contribution in [3.05, 3.63) is 23.3 Å². The summed E-state index contributed by atoms with van der Waals surface area (Å²) in [6.07, 6.45) is 4.20. The quantitative estimate of drug-likeness (QED) is 0.395. The van der Waals surface area contributed by atoms with Crippen molar-refractivity contribution in [2.45, 2.75) is 44.4 Å². The van der Waals surface area contributed by atoms with Crippen molar-refractivity contribution in [3.8, 4) is 0 Å². The van der Waals surface area contributed by atoms with Crippen LogP contribution in [0.5, 0.6) is 0 Å². The maximum absolute atomic E-state index is 12.6. The molecule has 4 atom stereocenters. The first-order valence-corrected chi connectivity index (χ1v) is 8.70. The second kappa shape index (κ2) is 6.90. The van der Waals surface area contributed by atoms with E-state index in [1.54, 1.807) is 19.9 Å². The first-order chi connectivity index (χ1) is 11.9. The molecule has 2 saturated heterocycles. The van der Waals surface area contributed by atoms with Crippen LogP contribution in [0.1, 0.15) is 26.7 Å². The number of ether oxygens (including phenoxy) is 2. The Morgan fingerprint density at radius 2 is 2.20 bits per heavy atom. The lowest BCUT2D eigenvalue weighted by Crippen LogP contribution is -2.50. The summed E-state index contributed by atoms with van der Waals surface area (Å²) in [6.45, 7) is 4.12. The highest BCUT2D eigenvalue weighted by atomic mass is 16.6. The number of esters is 2. The standard InChI is InChI=1S/C18H25NO6/c1-3-12-8-11(2)18(23,10-20)17(22)24-9-13-4-6-19-7-5-14(15(13)19)25-16(12)21/h3-4,11,14-15,20,23H,5-10H2,1-2H3/b12-3-/t11-,14+,15?,18-/m0/s1. The van der Waals surface area contributed by atoms with Gasteiger partial charge < -0.3 is 19.7 Å². The number of carbonyl (C=O) groups is 2. The Bertz CT molecular complexity index is 627. The summed E-state index contributed by atoms with van der Waals surface area (Å²) in [4.78, 5) is 27.2. The van der Waals surface area contributed by atoms with Gasteiger partial charge in [-0.1, -0.05) is 19.1 Å². The van der Waals surface area contributed by atoms with Gasteiger partial charge >= 0.3 is 11.9 Å². The van der Waals surface area contributed by atoms with E-state index in [0.717, 1.165) is 25.1 Å². The molecule has 3 rings (SSSR count). The highest BCUT2D eigenvalue weighted by molar-refractivity contribution is 5.89. The van der Waals surface area contributed by atoms with Crippen LogP contribution in [0, 0.1) is 5.92 Å². The Morgan fingerprint density at radius 1 is 1.44 bits per heavy atom. The van der Waals surface area contributed by atoms with E-state index in [-0.39, 0.29) is 25.2 Å². The van der Waals surface area contributed by atoms with Crippen LogP contribution in [0.3, 0.4) is 0 Å². The topological polar surface area (TPSA) is 96.3 Å². The lowest BCUT2D eigenvalue weighted by molar-refractivity contribution is -0.176. The van der Waals surface area contributed by atoms with Gasteiger partial charge in [-0.25, -0.2) is 9.59 Å². The molecule has 0 aromatic heterocycles. The summed E-state index contributed by atoms with van der Waals surface area (Å²) in [5.41, 5.74) is -0.796. The predicted molar refractivity (Wildman–Crippen MR) is 88.5 cm³/mol. The molecular formula is C18H25NO6. The molecule has 0 radical (unpaired) electrons. The number of rotatable bonds is 1. The molecule has 2 N–H and O–H groups in total. The van der Waals surface area contributed by atoms with Crippen LogP contribution in [-0.2, 0) is 19.1 Å². The maximum Gasteiger partial charge on any atom is 0.341 e. The molecule has 0 bridgehead atoms. The molecule has 0 saturated carbocycles. The van der Waals surface area contributed by atoms with Crippen LogP contribution >= 0.6 is 0 Å². The number of carbonyl (C=O) groups excluding carboxylic acids is 2. The van der Waals surface area contributed by atoms with Gasteiger partial charge in [-0.3, -0.25) is 4.90 Å². The molecule has 3 aliphatic heterocycles. The largest absolute Gasteiger partial charge is 0.459 e. The number of cyclic esters (lactones) is 1. The van der Waals surface area contributed by atoms with E-state index in [0.29, 0.717) is 5.57 Å².